The van der Waals surface area contributed by atoms with Crippen molar-refractivity contribution in [1.29, 1.82) is 0 Å². The zero-order valence-electron chi connectivity index (χ0n) is 14.4. The molecule has 0 unspecified atom stereocenters. The van der Waals surface area contributed by atoms with E-state index in [9.17, 15) is 9.90 Å². The SMILES string of the molecule is O=C(O)c1c[nH]c(=S)n1C(c1ccccc1)c1ccccc1.c1cc[nH]c1. The van der Waals surface area contributed by atoms with Gasteiger partial charge in [-0.25, -0.2) is 4.79 Å². The number of hydrogen-bond acceptors (Lipinski definition) is 2. The van der Waals surface area contributed by atoms with Gasteiger partial charge in [0.2, 0.25) is 0 Å². The Kier molecular flexibility index (Phi) is 6.02. The highest BCUT2D eigenvalue weighted by Gasteiger charge is 2.22. The average molecular weight is 377 g/mol. The molecule has 0 radical (unpaired) electrons. The molecule has 0 bridgehead atoms. The second-order valence-electron chi connectivity index (χ2n) is 5.76. The molecule has 0 amide bonds. The zero-order valence-corrected chi connectivity index (χ0v) is 15.3. The standard InChI is InChI=1S/C17H14N2O2S.C4H5N/c20-16(21)14-11-18-17(22)19(14)15(12-7-3-1-4-8-12)13-9-5-2-6-10-13;1-2-4-5-3-1/h1-11,15H,(H,18,22)(H,20,21);1-5H. The van der Waals surface area contributed by atoms with Crippen LogP contribution in [-0.2, 0) is 0 Å². The first kappa shape index (κ1) is 18.4. The molecule has 0 saturated heterocycles. The number of hydrogen-bond donors (Lipinski definition) is 3. The van der Waals surface area contributed by atoms with Crippen molar-refractivity contribution in [2.45, 2.75) is 6.04 Å². The van der Waals surface area contributed by atoms with Crippen LogP contribution in [0, 0.1) is 4.77 Å². The molecule has 4 aromatic rings. The first-order valence-corrected chi connectivity index (χ1v) is 8.80. The van der Waals surface area contributed by atoms with Crippen LogP contribution in [-0.4, -0.2) is 25.6 Å². The maximum Gasteiger partial charge on any atom is 0.354 e. The lowest BCUT2D eigenvalue weighted by atomic mass is 9.98. The van der Waals surface area contributed by atoms with E-state index in [1.54, 1.807) is 4.57 Å². The minimum Gasteiger partial charge on any atom is -0.477 e. The molecular weight excluding hydrogens is 358 g/mol. The largest absolute Gasteiger partial charge is 0.477 e. The second-order valence-corrected chi connectivity index (χ2v) is 6.15. The van der Waals surface area contributed by atoms with E-state index < -0.39 is 5.97 Å². The lowest BCUT2D eigenvalue weighted by Crippen LogP contribution is -2.17. The number of imidazole rings is 1. The predicted molar refractivity (Wildman–Crippen MR) is 107 cm³/mol. The van der Waals surface area contributed by atoms with Crippen molar-refractivity contribution in [3.63, 3.8) is 0 Å². The summed E-state index contributed by atoms with van der Waals surface area (Å²) in [7, 11) is 0. The number of aromatic amines is 2. The Bertz CT molecular complexity index is 966. The van der Waals surface area contributed by atoms with Gasteiger partial charge in [0.15, 0.2) is 4.77 Å². The molecule has 0 spiro atoms. The molecule has 0 aliphatic carbocycles. The van der Waals surface area contributed by atoms with E-state index in [0.717, 1.165) is 11.1 Å². The minimum absolute atomic E-state index is 0.141. The summed E-state index contributed by atoms with van der Waals surface area (Å²) in [6.45, 7) is 0. The Labute approximate surface area is 162 Å². The van der Waals surface area contributed by atoms with Gasteiger partial charge in [0, 0.05) is 18.6 Å². The molecule has 4 rings (SSSR count). The lowest BCUT2D eigenvalue weighted by Gasteiger charge is -2.21. The number of carbonyl (C=O) groups is 1. The van der Waals surface area contributed by atoms with E-state index in [1.807, 2.05) is 85.2 Å². The van der Waals surface area contributed by atoms with E-state index in [0.29, 0.717) is 4.77 Å². The van der Waals surface area contributed by atoms with E-state index in [1.165, 1.54) is 6.20 Å². The fraction of sp³-hybridized carbons (Fsp3) is 0.0476. The first-order chi connectivity index (χ1) is 13.2. The lowest BCUT2D eigenvalue weighted by molar-refractivity contribution is 0.0684. The summed E-state index contributed by atoms with van der Waals surface area (Å²) in [5.41, 5.74) is 2.10. The van der Waals surface area contributed by atoms with Gasteiger partial charge in [-0.3, -0.25) is 4.57 Å². The van der Waals surface area contributed by atoms with Crippen molar-refractivity contribution in [3.05, 3.63) is 113 Å². The molecule has 5 nitrogen and oxygen atoms in total. The summed E-state index contributed by atoms with van der Waals surface area (Å²) in [5, 5.41) is 9.43. The van der Waals surface area contributed by atoms with Gasteiger partial charge < -0.3 is 15.1 Å². The Morgan fingerprint density at radius 2 is 1.41 bits per heavy atom. The Hall–Kier alpha value is -3.38. The Morgan fingerprint density at radius 3 is 1.81 bits per heavy atom. The van der Waals surface area contributed by atoms with Gasteiger partial charge in [-0.15, -0.1) is 0 Å². The minimum atomic E-state index is -1.01. The average Bonchev–Trinajstić information content (AvgIpc) is 3.38. The van der Waals surface area contributed by atoms with Gasteiger partial charge in [0.1, 0.15) is 5.69 Å². The van der Waals surface area contributed by atoms with Crippen molar-refractivity contribution in [1.82, 2.24) is 14.5 Å². The van der Waals surface area contributed by atoms with Crippen LogP contribution < -0.4 is 0 Å². The summed E-state index contributed by atoms with van der Waals surface area (Å²) in [5.74, 6) is -1.01. The maximum absolute atomic E-state index is 11.5. The zero-order chi connectivity index (χ0) is 19.1. The predicted octanol–water partition coefficient (Wildman–Crippen LogP) is 4.90. The number of rotatable bonds is 4. The number of carboxylic acids is 1. The molecule has 2 aromatic heterocycles. The molecule has 0 atom stereocenters. The highest BCUT2D eigenvalue weighted by molar-refractivity contribution is 7.71. The van der Waals surface area contributed by atoms with Crippen LogP contribution in [0.4, 0.5) is 0 Å². The highest BCUT2D eigenvalue weighted by Crippen LogP contribution is 2.28. The fourth-order valence-corrected chi connectivity index (χ4v) is 3.10. The quantitative estimate of drug-likeness (QED) is 0.443. The first-order valence-electron chi connectivity index (χ1n) is 8.39. The van der Waals surface area contributed by atoms with Crippen LogP contribution in [0.15, 0.2) is 91.4 Å². The Morgan fingerprint density at radius 1 is 0.889 bits per heavy atom. The summed E-state index contributed by atoms with van der Waals surface area (Å²) in [6.07, 6.45) is 5.18. The topological polar surface area (TPSA) is 73.8 Å². The van der Waals surface area contributed by atoms with Crippen molar-refractivity contribution in [3.8, 4) is 0 Å². The van der Waals surface area contributed by atoms with Gasteiger partial charge in [-0.2, -0.15) is 0 Å². The second kappa shape index (κ2) is 8.82. The van der Waals surface area contributed by atoms with E-state index in [-0.39, 0.29) is 11.7 Å². The third-order valence-electron chi connectivity index (χ3n) is 4.01. The molecular formula is C21H19N3O2S. The molecule has 3 N–H and O–H groups in total. The molecule has 0 aliphatic heterocycles. The van der Waals surface area contributed by atoms with Crippen LogP contribution in [0.25, 0.3) is 0 Å². The number of nitrogens with zero attached hydrogens (tertiary/aromatic N) is 1. The normalized spacial score (nSPS) is 10.3. The molecule has 0 saturated carbocycles. The number of aromatic nitrogens is 3. The number of H-pyrrole nitrogens is 2. The third kappa shape index (κ3) is 4.43. The van der Waals surface area contributed by atoms with E-state index >= 15 is 0 Å². The molecule has 2 aromatic carbocycles. The molecule has 6 heteroatoms. The van der Waals surface area contributed by atoms with Crippen LogP contribution in [0.2, 0.25) is 0 Å². The summed E-state index contributed by atoms with van der Waals surface area (Å²) in [6, 6.07) is 23.1. The number of benzene rings is 2. The number of nitrogens with one attached hydrogen (secondary N) is 2. The third-order valence-corrected chi connectivity index (χ3v) is 4.33. The van der Waals surface area contributed by atoms with Crippen molar-refractivity contribution in [2.24, 2.45) is 0 Å². The van der Waals surface area contributed by atoms with Gasteiger partial charge in [0.05, 0.1) is 6.04 Å². The highest BCUT2D eigenvalue weighted by atomic mass is 32.1. The maximum atomic E-state index is 11.5. The molecule has 2 heterocycles. The van der Waals surface area contributed by atoms with Gasteiger partial charge in [-0.05, 0) is 35.5 Å². The smallest absolute Gasteiger partial charge is 0.354 e. The summed E-state index contributed by atoms with van der Waals surface area (Å²) in [4.78, 5) is 17.2. The molecule has 0 fully saturated rings. The van der Waals surface area contributed by atoms with Gasteiger partial charge >= 0.3 is 5.97 Å². The Balaban J connectivity index is 0.000000364. The molecule has 136 valence electrons. The van der Waals surface area contributed by atoms with Crippen molar-refractivity contribution >= 4 is 18.2 Å². The van der Waals surface area contributed by atoms with Crippen LogP contribution in [0.1, 0.15) is 27.7 Å². The van der Waals surface area contributed by atoms with E-state index in [4.69, 9.17) is 12.2 Å². The number of aromatic carboxylic acids is 1. The van der Waals surface area contributed by atoms with Crippen LogP contribution >= 0.6 is 12.2 Å². The van der Waals surface area contributed by atoms with Crippen LogP contribution in [0.5, 0.6) is 0 Å². The monoisotopic (exact) mass is 377 g/mol. The molecule has 0 aliphatic rings. The fourth-order valence-electron chi connectivity index (χ4n) is 2.84. The van der Waals surface area contributed by atoms with Crippen LogP contribution in [0.3, 0.4) is 0 Å². The van der Waals surface area contributed by atoms with E-state index in [2.05, 4.69) is 9.97 Å². The van der Waals surface area contributed by atoms with Crippen molar-refractivity contribution in [2.75, 3.05) is 0 Å². The number of carboxylic acid groups (broad SMARTS) is 1. The van der Waals surface area contributed by atoms with Gasteiger partial charge in [-0.1, -0.05) is 60.7 Å². The summed E-state index contributed by atoms with van der Waals surface area (Å²) < 4.78 is 2.03. The van der Waals surface area contributed by atoms with Crippen molar-refractivity contribution < 1.29 is 9.90 Å². The summed E-state index contributed by atoms with van der Waals surface area (Å²) >= 11 is 5.31. The van der Waals surface area contributed by atoms with Gasteiger partial charge in [0.25, 0.3) is 0 Å². The molecule has 27 heavy (non-hydrogen) atoms.